The van der Waals surface area contributed by atoms with Crippen molar-refractivity contribution in [2.75, 3.05) is 26.3 Å². The Morgan fingerprint density at radius 1 is 1.03 bits per heavy atom. The number of hydrogen-bond acceptors (Lipinski definition) is 6. The number of ether oxygens (including phenoxy) is 2. The zero-order valence-corrected chi connectivity index (χ0v) is 15.7. The van der Waals surface area contributed by atoms with Gasteiger partial charge < -0.3 is 18.8 Å². The van der Waals surface area contributed by atoms with Gasteiger partial charge >= 0.3 is 5.97 Å². The SMILES string of the molecule is O=C(/C=C/c1nc2ccccc2o1)O[C@H](C(=O)N1CCOCC1)c1ccccc1. The summed E-state index contributed by atoms with van der Waals surface area (Å²) >= 11 is 0. The number of nitrogens with zero attached hydrogens (tertiary/aromatic N) is 2. The summed E-state index contributed by atoms with van der Waals surface area (Å²) in [5.41, 5.74) is 1.95. The number of para-hydroxylation sites is 2. The molecule has 7 heteroatoms. The summed E-state index contributed by atoms with van der Waals surface area (Å²) in [6.07, 6.45) is 1.63. The summed E-state index contributed by atoms with van der Waals surface area (Å²) in [6, 6.07) is 16.3. The number of esters is 1. The van der Waals surface area contributed by atoms with Gasteiger partial charge in [-0.15, -0.1) is 0 Å². The number of fused-ring (bicyclic) bond motifs is 1. The van der Waals surface area contributed by atoms with Crippen LogP contribution in [0.25, 0.3) is 17.2 Å². The van der Waals surface area contributed by atoms with Crippen LogP contribution < -0.4 is 0 Å². The van der Waals surface area contributed by atoms with Crippen LogP contribution in [-0.4, -0.2) is 48.1 Å². The number of carbonyl (C=O) groups is 2. The molecule has 0 radical (unpaired) electrons. The Kier molecular flexibility index (Phi) is 5.67. The first-order valence-corrected chi connectivity index (χ1v) is 9.36. The van der Waals surface area contributed by atoms with Crippen molar-refractivity contribution < 1.29 is 23.5 Å². The second-order valence-electron chi connectivity index (χ2n) is 6.52. The molecule has 1 aromatic heterocycles. The fourth-order valence-corrected chi connectivity index (χ4v) is 3.09. The molecule has 7 nitrogen and oxygen atoms in total. The van der Waals surface area contributed by atoms with Crippen LogP contribution >= 0.6 is 0 Å². The second-order valence-corrected chi connectivity index (χ2v) is 6.52. The van der Waals surface area contributed by atoms with Gasteiger partial charge in [0.05, 0.1) is 13.2 Å². The van der Waals surface area contributed by atoms with Crippen LogP contribution in [0, 0.1) is 0 Å². The lowest BCUT2D eigenvalue weighted by Crippen LogP contribution is -2.44. The van der Waals surface area contributed by atoms with E-state index in [1.54, 1.807) is 35.2 Å². The summed E-state index contributed by atoms with van der Waals surface area (Å²) in [7, 11) is 0. The highest BCUT2D eigenvalue weighted by molar-refractivity contribution is 5.91. The molecule has 1 fully saturated rings. The standard InChI is InChI=1S/C22H20N2O5/c25-20(11-10-19-23-17-8-4-5-9-18(17)28-19)29-21(16-6-2-1-3-7-16)22(26)24-12-14-27-15-13-24/h1-11,21H,12-15H2/b11-10+/t21-/m0/s1. The number of morpholine rings is 1. The molecule has 1 aliphatic heterocycles. The minimum absolute atomic E-state index is 0.261. The van der Waals surface area contributed by atoms with Crippen LogP contribution in [0.5, 0.6) is 0 Å². The molecule has 2 heterocycles. The van der Waals surface area contributed by atoms with E-state index >= 15 is 0 Å². The van der Waals surface area contributed by atoms with E-state index in [0.29, 0.717) is 48.9 Å². The molecule has 3 aromatic rings. The van der Waals surface area contributed by atoms with E-state index in [-0.39, 0.29) is 5.91 Å². The summed E-state index contributed by atoms with van der Waals surface area (Å²) in [6.45, 7) is 1.88. The van der Waals surface area contributed by atoms with Crippen LogP contribution in [-0.2, 0) is 19.1 Å². The molecule has 1 atom stereocenters. The van der Waals surface area contributed by atoms with Crippen LogP contribution in [0.1, 0.15) is 17.6 Å². The molecular weight excluding hydrogens is 372 g/mol. The average Bonchev–Trinajstić information content (AvgIpc) is 3.20. The number of carbonyl (C=O) groups excluding carboxylic acids is 2. The van der Waals surface area contributed by atoms with Gasteiger partial charge in [-0.1, -0.05) is 42.5 Å². The van der Waals surface area contributed by atoms with Gasteiger partial charge in [0.15, 0.2) is 5.58 Å². The summed E-state index contributed by atoms with van der Waals surface area (Å²) in [4.78, 5) is 31.3. The maximum absolute atomic E-state index is 13.0. The molecule has 148 valence electrons. The maximum atomic E-state index is 13.0. The highest BCUT2D eigenvalue weighted by Crippen LogP contribution is 2.22. The number of oxazole rings is 1. The first kappa shape index (κ1) is 18.9. The molecule has 1 saturated heterocycles. The van der Waals surface area contributed by atoms with Crippen molar-refractivity contribution in [1.82, 2.24) is 9.88 Å². The zero-order valence-electron chi connectivity index (χ0n) is 15.7. The van der Waals surface area contributed by atoms with Crippen LogP contribution in [0.3, 0.4) is 0 Å². The Morgan fingerprint density at radius 2 is 1.76 bits per heavy atom. The molecule has 0 aliphatic carbocycles. The van der Waals surface area contributed by atoms with E-state index in [9.17, 15) is 9.59 Å². The number of benzene rings is 2. The lowest BCUT2D eigenvalue weighted by atomic mass is 10.1. The fraction of sp³-hybridized carbons (Fsp3) is 0.227. The predicted octanol–water partition coefficient (Wildman–Crippen LogP) is 2.98. The zero-order chi connectivity index (χ0) is 20.1. The lowest BCUT2D eigenvalue weighted by molar-refractivity contribution is -0.159. The van der Waals surface area contributed by atoms with Crippen molar-refractivity contribution in [3.8, 4) is 0 Å². The third kappa shape index (κ3) is 4.52. The molecule has 4 rings (SSSR count). The van der Waals surface area contributed by atoms with Gasteiger partial charge in [0.2, 0.25) is 12.0 Å². The molecular formula is C22H20N2O5. The molecule has 2 aromatic carbocycles. The van der Waals surface area contributed by atoms with E-state index in [1.165, 1.54) is 12.2 Å². The lowest BCUT2D eigenvalue weighted by Gasteiger charge is -2.30. The largest absolute Gasteiger partial charge is 0.444 e. The highest BCUT2D eigenvalue weighted by Gasteiger charge is 2.30. The first-order valence-electron chi connectivity index (χ1n) is 9.36. The quantitative estimate of drug-likeness (QED) is 0.490. The fourth-order valence-electron chi connectivity index (χ4n) is 3.09. The summed E-state index contributed by atoms with van der Waals surface area (Å²) in [5, 5.41) is 0. The third-order valence-corrected chi connectivity index (χ3v) is 4.56. The van der Waals surface area contributed by atoms with E-state index in [2.05, 4.69) is 4.98 Å². The first-order chi connectivity index (χ1) is 14.2. The monoisotopic (exact) mass is 392 g/mol. The number of hydrogen-bond donors (Lipinski definition) is 0. The Hall–Kier alpha value is -3.45. The van der Waals surface area contributed by atoms with Crippen molar-refractivity contribution in [1.29, 1.82) is 0 Å². The third-order valence-electron chi connectivity index (χ3n) is 4.56. The highest BCUT2D eigenvalue weighted by atomic mass is 16.5. The van der Waals surface area contributed by atoms with Crippen molar-refractivity contribution in [2.24, 2.45) is 0 Å². The predicted molar refractivity (Wildman–Crippen MR) is 106 cm³/mol. The molecule has 1 amide bonds. The smallest absolute Gasteiger partial charge is 0.332 e. The Balaban J connectivity index is 1.50. The molecule has 0 N–H and O–H groups in total. The minimum Gasteiger partial charge on any atom is -0.444 e. The van der Waals surface area contributed by atoms with Crippen LogP contribution in [0.2, 0.25) is 0 Å². The molecule has 1 aliphatic rings. The molecule has 29 heavy (non-hydrogen) atoms. The number of rotatable bonds is 5. The Bertz CT molecular complexity index is 989. The Morgan fingerprint density at radius 3 is 2.52 bits per heavy atom. The van der Waals surface area contributed by atoms with Crippen LogP contribution in [0.4, 0.5) is 0 Å². The van der Waals surface area contributed by atoms with Crippen LogP contribution in [0.15, 0.2) is 65.1 Å². The molecule has 0 saturated carbocycles. The van der Waals surface area contributed by atoms with Gasteiger partial charge in [-0.05, 0) is 12.1 Å². The van der Waals surface area contributed by atoms with Gasteiger partial charge in [-0.3, -0.25) is 4.79 Å². The van der Waals surface area contributed by atoms with Crippen molar-refractivity contribution in [3.05, 3.63) is 72.1 Å². The topological polar surface area (TPSA) is 81.9 Å². The van der Waals surface area contributed by atoms with E-state index < -0.39 is 12.1 Å². The Labute approximate surface area is 167 Å². The van der Waals surface area contributed by atoms with Gasteiger partial charge in [0.25, 0.3) is 5.91 Å². The van der Waals surface area contributed by atoms with Gasteiger partial charge in [-0.2, -0.15) is 0 Å². The van der Waals surface area contributed by atoms with E-state index in [0.717, 1.165) is 0 Å². The van der Waals surface area contributed by atoms with Crippen molar-refractivity contribution in [3.63, 3.8) is 0 Å². The molecule has 0 bridgehead atoms. The second kappa shape index (κ2) is 8.70. The molecule has 0 unspecified atom stereocenters. The number of aromatic nitrogens is 1. The number of amides is 1. The van der Waals surface area contributed by atoms with E-state index in [4.69, 9.17) is 13.9 Å². The van der Waals surface area contributed by atoms with Gasteiger partial charge in [0.1, 0.15) is 5.52 Å². The van der Waals surface area contributed by atoms with Gasteiger partial charge in [0, 0.05) is 30.8 Å². The molecule has 0 spiro atoms. The summed E-state index contributed by atoms with van der Waals surface area (Å²) < 4.78 is 16.4. The van der Waals surface area contributed by atoms with Crippen molar-refractivity contribution >= 4 is 29.1 Å². The average molecular weight is 392 g/mol. The normalized spacial score (nSPS) is 15.5. The van der Waals surface area contributed by atoms with Gasteiger partial charge in [-0.25, -0.2) is 9.78 Å². The maximum Gasteiger partial charge on any atom is 0.332 e. The minimum atomic E-state index is -1.02. The summed E-state index contributed by atoms with van der Waals surface area (Å²) in [5.74, 6) is -0.621. The van der Waals surface area contributed by atoms with Crippen molar-refractivity contribution in [2.45, 2.75) is 6.10 Å². The van der Waals surface area contributed by atoms with E-state index in [1.807, 2.05) is 24.3 Å².